The van der Waals surface area contributed by atoms with E-state index in [0.29, 0.717) is 41.7 Å². The van der Waals surface area contributed by atoms with Crippen molar-refractivity contribution in [3.05, 3.63) is 48.7 Å². The van der Waals surface area contributed by atoms with Crippen LogP contribution in [-0.4, -0.2) is 95.8 Å². The van der Waals surface area contributed by atoms with Gasteiger partial charge in [0.25, 0.3) is 5.91 Å². The van der Waals surface area contributed by atoms with Crippen molar-refractivity contribution >= 4 is 44.9 Å². The van der Waals surface area contributed by atoms with Crippen molar-refractivity contribution in [2.75, 3.05) is 13.7 Å². The van der Waals surface area contributed by atoms with Gasteiger partial charge in [0.15, 0.2) is 0 Å². The molecule has 2 aromatic rings. The highest BCUT2D eigenvalue weighted by Gasteiger charge is 2.54. The zero-order chi connectivity index (χ0) is 39.3. The minimum atomic E-state index is -3.95. The highest BCUT2D eigenvalue weighted by atomic mass is 32.2. The maximum absolute atomic E-state index is 14.6. The number of aromatic nitrogens is 2. The molecule has 0 radical (unpaired) electrons. The topological polar surface area (TPSA) is 195 Å². The Labute approximate surface area is 321 Å². The second kappa shape index (κ2) is 14.7. The largest absolute Gasteiger partial charge is 0.497 e. The number of rotatable bonds is 7. The molecule has 0 spiro atoms. The van der Waals surface area contributed by atoms with Gasteiger partial charge in [-0.05, 0) is 62.0 Å². The fourth-order valence-corrected chi connectivity index (χ4v) is 9.01. The Kier molecular flexibility index (Phi) is 10.3. The van der Waals surface area contributed by atoms with E-state index in [9.17, 15) is 27.6 Å². The van der Waals surface area contributed by atoms with Gasteiger partial charge in [-0.15, -0.1) is 6.58 Å². The predicted molar refractivity (Wildman–Crippen MR) is 201 cm³/mol. The van der Waals surface area contributed by atoms with Crippen LogP contribution in [0.4, 0.5) is 4.79 Å². The standard InChI is InChI=1S/C39H50N6O9S/c1-6-23-16-17-39(23,36(48)44-55(50,51)26-13-14-26)43-33(46)30-20-25-21-45(30)35(47)32(38(2,3)4)42-37(49)54-31-18-22(31)10-8-7-9-11-28-34(53-25)41-29-19-24(52-5)12-15-27(29)40-28/h6,12,15-17,19,22-23,25-26,30-32H,1,7-11,13-14,18,20-21H2,2-5H3,(H,42,49)(H,43,46)(H,44,48)/t22?,23-,25-,30?,31-,32-,39-/m1/s1. The molecule has 5 aliphatic rings. The molecule has 3 fully saturated rings. The average Bonchev–Trinajstić information content (AvgIpc) is 4.05. The van der Waals surface area contributed by atoms with E-state index in [1.165, 1.54) is 17.1 Å². The number of methoxy groups -OCH3 is 1. The third-order valence-electron chi connectivity index (χ3n) is 11.3. The lowest BCUT2D eigenvalue weighted by atomic mass is 9.73. The van der Waals surface area contributed by atoms with Crippen molar-refractivity contribution in [3.8, 4) is 11.6 Å². The number of aryl methyl sites for hydroxylation is 1. The molecule has 55 heavy (non-hydrogen) atoms. The van der Waals surface area contributed by atoms with Crippen LogP contribution in [0.2, 0.25) is 0 Å². The zero-order valence-corrected chi connectivity index (χ0v) is 32.5. The van der Waals surface area contributed by atoms with Crippen molar-refractivity contribution < 1.29 is 41.8 Å². The van der Waals surface area contributed by atoms with E-state index < -0.39 is 74.1 Å². The van der Waals surface area contributed by atoms with Gasteiger partial charge >= 0.3 is 6.09 Å². The monoisotopic (exact) mass is 778 g/mol. The number of hydrogen-bond donors (Lipinski definition) is 3. The first-order valence-electron chi connectivity index (χ1n) is 19.1. The molecule has 2 aliphatic heterocycles. The summed E-state index contributed by atoms with van der Waals surface area (Å²) in [6.45, 7) is 9.15. The number of fused-ring (bicyclic) bond motifs is 5. The molecular formula is C39H50N6O9S. The number of benzene rings is 1. The van der Waals surface area contributed by atoms with Crippen molar-refractivity contribution in [2.45, 2.75) is 114 Å². The van der Waals surface area contributed by atoms with Crippen LogP contribution in [0.3, 0.4) is 0 Å². The third-order valence-corrected chi connectivity index (χ3v) is 13.1. The number of carbonyl (C=O) groups excluding carboxylic acids is 4. The molecule has 296 valence electrons. The summed E-state index contributed by atoms with van der Waals surface area (Å²) in [5.41, 5.74) is -0.692. The second-order valence-corrected chi connectivity index (χ2v) is 18.4. The lowest BCUT2D eigenvalue weighted by molar-refractivity contribution is -0.143. The van der Waals surface area contributed by atoms with Gasteiger partial charge < -0.3 is 29.7 Å². The van der Waals surface area contributed by atoms with Gasteiger partial charge in [-0.25, -0.2) is 23.2 Å². The summed E-state index contributed by atoms with van der Waals surface area (Å²) in [6, 6.07) is 3.13. The Morgan fingerprint density at radius 2 is 1.85 bits per heavy atom. The maximum atomic E-state index is 14.6. The summed E-state index contributed by atoms with van der Waals surface area (Å²) in [5, 5.41) is 4.91. The summed E-state index contributed by atoms with van der Waals surface area (Å²) in [6.07, 6.45) is 8.67. The highest BCUT2D eigenvalue weighted by Crippen LogP contribution is 2.39. The second-order valence-electron chi connectivity index (χ2n) is 16.4. The number of nitrogens with one attached hydrogen (secondary N) is 3. The van der Waals surface area contributed by atoms with E-state index >= 15 is 0 Å². The van der Waals surface area contributed by atoms with Gasteiger partial charge in [0, 0.05) is 18.4 Å². The van der Waals surface area contributed by atoms with Gasteiger partial charge in [-0.2, -0.15) is 0 Å². The zero-order valence-electron chi connectivity index (χ0n) is 31.7. The number of ether oxygens (including phenoxy) is 3. The lowest BCUT2D eigenvalue weighted by Gasteiger charge is -2.42. The SMILES string of the molecule is C=C[C@@H]1C=C[C@]1(NC(=O)C1C[C@@H]2CN1C(=O)[C@H](C(C)(C)C)NC(=O)O[C@@H]1CC1CCCCCc1nc3ccc(OC)cc3nc1O2)C(=O)NS(=O)(=O)C1CC1. The fourth-order valence-electron chi connectivity index (χ4n) is 7.65. The van der Waals surface area contributed by atoms with Crippen molar-refractivity contribution in [1.82, 2.24) is 30.2 Å². The van der Waals surface area contributed by atoms with Gasteiger partial charge in [0.2, 0.25) is 27.7 Å². The average molecular weight is 779 g/mol. The Morgan fingerprint density at radius 3 is 2.53 bits per heavy atom. The van der Waals surface area contributed by atoms with E-state index in [0.717, 1.165) is 32.1 Å². The van der Waals surface area contributed by atoms with Crippen LogP contribution in [0.1, 0.15) is 77.8 Å². The maximum Gasteiger partial charge on any atom is 0.408 e. The number of amides is 4. The summed E-state index contributed by atoms with van der Waals surface area (Å²) in [7, 11) is -2.39. The van der Waals surface area contributed by atoms with Gasteiger partial charge in [0.1, 0.15) is 41.3 Å². The molecule has 7 rings (SSSR count). The van der Waals surface area contributed by atoms with Crippen LogP contribution >= 0.6 is 0 Å². The van der Waals surface area contributed by atoms with Crippen LogP contribution in [-0.2, 0) is 35.6 Å². The Balaban J connectivity index is 1.23. The number of sulfonamides is 1. The highest BCUT2D eigenvalue weighted by molar-refractivity contribution is 7.91. The fraction of sp³-hybridized carbons (Fsp3) is 0.590. The number of alkyl carbamates (subject to hydrolysis) is 1. The molecule has 2 bridgehead atoms. The summed E-state index contributed by atoms with van der Waals surface area (Å²) < 4.78 is 45.5. The van der Waals surface area contributed by atoms with Crippen LogP contribution in [0.25, 0.3) is 11.0 Å². The first-order chi connectivity index (χ1) is 26.1. The summed E-state index contributed by atoms with van der Waals surface area (Å²) in [5.74, 6) is -1.75. The molecule has 3 heterocycles. The van der Waals surface area contributed by atoms with Crippen LogP contribution in [0.15, 0.2) is 43.0 Å². The van der Waals surface area contributed by atoms with Crippen LogP contribution in [0.5, 0.6) is 11.6 Å². The Bertz CT molecular complexity index is 2030. The van der Waals surface area contributed by atoms with E-state index in [-0.39, 0.29) is 30.9 Å². The number of nitrogens with zero attached hydrogens (tertiary/aromatic N) is 3. The molecule has 3 N–H and O–H groups in total. The van der Waals surface area contributed by atoms with Crippen molar-refractivity contribution in [2.24, 2.45) is 17.3 Å². The van der Waals surface area contributed by atoms with Gasteiger partial charge in [0.05, 0.1) is 29.9 Å². The van der Waals surface area contributed by atoms with E-state index in [2.05, 4.69) is 21.9 Å². The molecule has 7 atom stereocenters. The Morgan fingerprint density at radius 1 is 1.07 bits per heavy atom. The number of carbonyl (C=O) groups is 4. The summed E-state index contributed by atoms with van der Waals surface area (Å²) in [4.78, 5) is 67.2. The molecule has 16 heteroatoms. The lowest BCUT2D eigenvalue weighted by Crippen LogP contribution is -2.67. The third kappa shape index (κ3) is 8.01. The van der Waals surface area contributed by atoms with Gasteiger partial charge in [-0.3, -0.25) is 19.1 Å². The first kappa shape index (κ1) is 38.5. The number of hydrogen-bond acceptors (Lipinski definition) is 11. The van der Waals surface area contributed by atoms with E-state index in [1.54, 1.807) is 40.0 Å². The molecule has 3 aliphatic carbocycles. The minimum Gasteiger partial charge on any atom is -0.497 e. The predicted octanol–water partition coefficient (Wildman–Crippen LogP) is 3.47. The van der Waals surface area contributed by atoms with Crippen LogP contribution in [0, 0.1) is 17.3 Å². The smallest absolute Gasteiger partial charge is 0.408 e. The molecule has 1 aromatic heterocycles. The molecule has 1 saturated heterocycles. The normalized spacial score (nSPS) is 29.9. The molecule has 1 aromatic carbocycles. The van der Waals surface area contributed by atoms with E-state index in [4.69, 9.17) is 24.2 Å². The van der Waals surface area contributed by atoms with Crippen molar-refractivity contribution in [1.29, 1.82) is 0 Å². The van der Waals surface area contributed by atoms with Crippen LogP contribution < -0.4 is 24.8 Å². The molecule has 2 saturated carbocycles. The summed E-state index contributed by atoms with van der Waals surface area (Å²) >= 11 is 0. The van der Waals surface area contributed by atoms with E-state index in [1.807, 2.05) is 12.1 Å². The Hall–Kier alpha value is -4.73. The molecular weight excluding hydrogens is 729 g/mol. The molecule has 15 nitrogen and oxygen atoms in total. The van der Waals surface area contributed by atoms with Crippen molar-refractivity contribution in [3.63, 3.8) is 0 Å². The molecule has 4 amide bonds. The first-order valence-corrected chi connectivity index (χ1v) is 20.7. The quantitative estimate of drug-likeness (QED) is 0.349. The minimum absolute atomic E-state index is 0.000443. The van der Waals surface area contributed by atoms with Gasteiger partial charge in [-0.1, -0.05) is 51.8 Å². The molecule has 2 unspecified atom stereocenters.